The Morgan fingerprint density at radius 3 is 2.94 bits per heavy atom. The molecule has 1 N–H and O–H groups in total. The molecule has 1 aromatic carbocycles. The molecule has 0 aliphatic carbocycles. The standard InChI is InChI=1S/C15H20N2O/c1-15(2,11-6-5-9-16-10-11)14-12-7-3-4-8-13(12)17-18-14/h3-4,7-8,11,16H,5-6,9-10H2,1-2H3. The van der Waals surface area contributed by atoms with E-state index in [1.54, 1.807) is 0 Å². The average Bonchev–Trinajstić information content (AvgIpc) is 2.84. The van der Waals surface area contributed by atoms with Crippen LogP contribution in [0, 0.1) is 5.92 Å². The van der Waals surface area contributed by atoms with Gasteiger partial charge in [-0.15, -0.1) is 0 Å². The van der Waals surface area contributed by atoms with Crippen LogP contribution in [0.15, 0.2) is 28.8 Å². The van der Waals surface area contributed by atoms with Crippen molar-refractivity contribution in [1.82, 2.24) is 10.5 Å². The molecule has 0 bridgehead atoms. The Morgan fingerprint density at radius 1 is 1.33 bits per heavy atom. The van der Waals surface area contributed by atoms with E-state index in [-0.39, 0.29) is 5.41 Å². The van der Waals surface area contributed by atoms with Crippen LogP contribution < -0.4 is 5.32 Å². The molecule has 3 rings (SSSR count). The van der Waals surface area contributed by atoms with Gasteiger partial charge in [0, 0.05) is 10.8 Å². The van der Waals surface area contributed by atoms with Gasteiger partial charge in [-0.2, -0.15) is 0 Å². The number of benzene rings is 1. The highest BCUT2D eigenvalue weighted by Crippen LogP contribution is 2.38. The molecule has 0 spiro atoms. The van der Waals surface area contributed by atoms with Gasteiger partial charge in [-0.25, -0.2) is 0 Å². The zero-order chi connectivity index (χ0) is 12.6. The van der Waals surface area contributed by atoms with Crippen molar-refractivity contribution in [2.45, 2.75) is 32.1 Å². The van der Waals surface area contributed by atoms with Gasteiger partial charge in [-0.3, -0.25) is 0 Å². The average molecular weight is 244 g/mol. The minimum Gasteiger partial charge on any atom is -0.360 e. The second-order valence-electron chi connectivity index (χ2n) is 5.79. The predicted molar refractivity (Wildman–Crippen MR) is 72.6 cm³/mol. The molecule has 3 nitrogen and oxygen atoms in total. The Bertz CT molecular complexity index is 538. The summed E-state index contributed by atoms with van der Waals surface area (Å²) in [6.45, 7) is 6.76. The first-order chi connectivity index (χ1) is 8.69. The van der Waals surface area contributed by atoms with Crippen molar-refractivity contribution >= 4 is 10.9 Å². The molecule has 2 heterocycles. The smallest absolute Gasteiger partial charge is 0.150 e. The molecule has 1 fully saturated rings. The summed E-state index contributed by atoms with van der Waals surface area (Å²) in [5.74, 6) is 1.65. The van der Waals surface area contributed by atoms with Gasteiger partial charge in [0.1, 0.15) is 11.3 Å². The summed E-state index contributed by atoms with van der Waals surface area (Å²) >= 11 is 0. The van der Waals surface area contributed by atoms with Crippen LogP contribution >= 0.6 is 0 Å². The molecule has 1 aliphatic heterocycles. The third kappa shape index (κ3) is 1.83. The highest BCUT2D eigenvalue weighted by Gasteiger charge is 2.36. The maximum Gasteiger partial charge on any atom is 0.150 e. The van der Waals surface area contributed by atoms with Gasteiger partial charge in [-0.05, 0) is 44.0 Å². The number of nitrogens with zero attached hydrogens (tertiary/aromatic N) is 1. The molecule has 3 heteroatoms. The lowest BCUT2D eigenvalue weighted by Crippen LogP contribution is -2.40. The van der Waals surface area contributed by atoms with Crippen LogP contribution in [0.2, 0.25) is 0 Å². The highest BCUT2D eigenvalue weighted by molar-refractivity contribution is 5.81. The second-order valence-corrected chi connectivity index (χ2v) is 5.79. The molecule has 1 aliphatic rings. The van der Waals surface area contributed by atoms with E-state index in [4.69, 9.17) is 4.52 Å². The molecular formula is C15H20N2O. The lowest BCUT2D eigenvalue weighted by molar-refractivity contribution is 0.205. The number of nitrogens with one attached hydrogen (secondary N) is 1. The Labute approximate surface area is 108 Å². The minimum absolute atomic E-state index is 0.0313. The zero-order valence-electron chi connectivity index (χ0n) is 11.1. The van der Waals surface area contributed by atoms with Crippen molar-refractivity contribution in [2.24, 2.45) is 5.92 Å². The first-order valence-electron chi connectivity index (χ1n) is 6.75. The lowest BCUT2D eigenvalue weighted by atomic mass is 9.72. The summed E-state index contributed by atoms with van der Waals surface area (Å²) in [6, 6.07) is 8.18. The third-order valence-electron chi connectivity index (χ3n) is 4.29. The van der Waals surface area contributed by atoms with Gasteiger partial charge < -0.3 is 9.84 Å². The fraction of sp³-hybridized carbons (Fsp3) is 0.533. The molecule has 0 amide bonds. The van der Waals surface area contributed by atoms with Gasteiger partial charge in [0.05, 0.1) is 0 Å². The van der Waals surface area contributed by atoms with Crippen LogP contribution in [-0.4, -0.2) is 18.2 Å². The minimum atomic E-state index is 0.0313. The van der Waals surface area contributed by atoms with Gasteiger partial charge in [0.25, 0.3) is 0 Å². The van der Waals surface area contributed by atoms with E-state index in [1.165, 1.54) is 12.8 Å². The number of rotatable bonds is 2. The number of piperidine rings is 1. The third-order valence-corrected chi connectivity index (χ3v) is 4.29. The van der Waals surface area contributed by atoms with E-state index < -0.39 is 0 Å². The molecule has 2 aromatic rings. The predicted octanol–water partition coefficient (Wildman–Crippen LogP) is 3.11. The van der Waals surface area contributed by atoms with Crippen LogP contribution in [0.4, 0.5) is 0 Å². The maximum absolute atomic E-state index is 5.66. The molecule has 1 aromatic heterocycles. The molecule has 18 heavy (non-hydrogen) atoms. The SMILES string of the molecule is CC(C)(c1onc2ccccc12)C1CCCNC1. The summed E-state index contributed by atoms with van der Waals surface area (Å²) < 4.78 is 5.66. The monoisotopic (exact) mass is 244 g/mol. The number of hydrogen-bond acceptors (Lipinski definition) is 3. The van der Waals surface area contributed by atoms with Gasteiger partial charge in [-0.1, -0.05) is 31.1 Å². The van der Waals surface area contributed by atoms with Crippen molar-refractivity contribution in [1.29, 1.82) is 0 Å². The molecule has 1 saturated heterocycles. The quantitative estimate of drug-likeness (QED) is 0.882. The van der Waals surface area contributed by atoms with E-state index >= 15 is 0 Å². The molecule has 0 saturated carbocycles. The number of fused-ring (bicyclic) bond motifs is 1. The first-order valence-corrected chi connectivity index (χ1v) is 6.75. The highest BCUT2D eigenvalue weighted by atomic mass is 16.5. The first kappa shape index (κ1) is 11.7. The number of hydrogen-bond donors (Lipinski definition) is 1. The maximum atomic E-state index is 5.66. The summed E-state index contributed by atoms with van der Waals surface area (Å²) in [5.41, 5.74) is 0.994. The Hall–Kier alpha value is -1.35. The normalized spacial score (nSPS) is 21.3. The molecule has 0 radical (unpaired) electrons. The largest absolute Gasteiger partial charge is 0.360 e. The molecular weight excluding hydrogens is 224 g/mol. The van der Waals surface area contributed by atoms with Crippen LogP contribution in [0.25, 0.3) is 10.9 Å². The number of aromatic nitrogens is 1. The second kappa shape index (κ2) is 4.39. The van der Waals surface area contributed by atoms with Crippen molar-refractivity contribution in [2.75, 3.05) is 13.1 Å². The van der Waals surface area contributed by atoms with E-state index in [2.05, 4.69) is 36.5 Å². The Morgan fingerprint density at radius 2 is 2.17 bits per heavy atom. The van der Waals surface area contributed by atoms with Gasteiger partial charge in [0.15, 0.2) is 0 Å². The van der Waals surface area contributed by atoms with Crippen LogP contribution in [0.1, 0.15) is 32.4 Å². The van der Waals surface area contributed by atoms with E-state index in [0.29, 0.717) is 5.92 Å². The van der Waals surface area contributed by atoms with Crippen molar-refractivity contribution < 1.29 is 4.52 Å². The van der Waals surface area contributed by atoms with Crippen LogP contribution in [0.3, 0.4) is 0 Å². The van der Waals surface area contributed by atoms with Crippen molar-refractivity contribution in [3.8, 4) is 0 Å². The summed E-state index contributed by atoms with van der Waals surface area (Å²) in [6.07, 6.45) is 2.51. The summed E-state index contributed by atoms with van der Waals surface area (Å²) in [7, 11) is 0. The van der Waals surface area contributed by atoms with Crippen LogP contribution in [0.5, 0.6) is 0 Å². The zero-order valence-corrected chi connectivity index (χ0v) is 11.1. The molecule has 1 atom stereocenters. The van der Waals surface area contributed by atoms with E-state index in [1.807, 2.05) is 12.1 Å². The lowest BCUT2D eigenvalue weighted by Gasteiger charge is -2.35. The summed E-state index contributed by atoms with van der Waals surface area (Å²) in [5, 5.41) is 8.83. The fourth-order valence-electron chi connectivity index (χ4n) is 3.01. The van der Waals surface area contributed by atoms with Crippen LogP contribution in [-0.2, 0) is 5.41 Å². The van der Waals surface area contributed by atoms with E-state index in [0.717, 1.165) is 29.8 Å². The summed E-state index contributed by atoms with van der Waals surface area (Å²) in [4.78, 5) is 0. The van der Waals surface area contributed by atoms with Crippen molar-refractivity contribution in [3.63, 3.8) is 0 Å². The van der Waals surface area contributed by atoms with Gasteiger partial charge >= 0.3 is 0 Å². The Kier molecular flexibility index (Phi) is 2.86. The molecule has 96 valence electrons. The topological polar surface area (TPSA) is 38.1 Å². The molecule has 1 unspecified atom stereocenters. The fourth-order valence-corrected chi connectivity index (χ4v) is 3.01. The van der Waals surface area contributed by atoms with Gasteiger partial charge in [0.2, 0.25) is 0 Å². The Balaban J connectivity index is 2.01. The van der Waals surface area contributed by atoms with E-state index in [9.17, 15) is 0 Å². The van der Waals surface area contributed by atoms with Crippen molar-refractivity contribution in [3.05, 3.63) is 30.0 Å².